The van der Waals surface area contributed by atoms with Crippen molar-refractivity contribution in [3.63, 3.8) is 0 Å². The first kappa shape index (κ1) is 25.8. The van der Waals surface area contributed by atoms with Gasteiger partial charge in [0.05, 0.1) is 35.8 Å². The Morgan fingerprint density at radius 3 is 2.75 bits per heavy atom. The summed E-state index contributed by atoms with van der Waals surface area (Å²) in [5.74, 6) is 0.782. The molecule has 9 nitrogen and oxygen atoms in total. The highest BCUT2D eigenvalue weighted by Gasteiger charge is 2.18. The van der Waals surface area contributed by atoms with E-state index in [1.54, 1.807) is 20.1 Å². The van der Waals surface area contributed by atoms with Gasteiger partial charge in [-0.05, 0) is 70.1 Å². The van der Waals surface area contributed by atoms with Gasteiger partial charge in [0.2, 0.25) is 5.88 Å². The zero-order valence-corrected chi connectivity index (χ0v) is 21.7. The fourth-order valence-electron chi connectivity index (χ4n) is 2.66. The van der Waals surface area contributed by atoms with Crippen LogP contribution in [0, 0.1) is 21.8 Å². The summed E-state index contributed by atoms with van der Waals surface area (Å²) in [5.41, 5.74) is 4.53. The van der Waals surface area contributed by atoms with E-state index >= 15 is 0 Å². The highest BCUT2D eigenvalue weighted by Crippen LogP contribution is 2.33. The van der Waals surface area contributed by atoms with Crippen LogP contribution in [-0.4, -0.2) is 44.5 Å². The molecular weight excluding hydrogens is 595 g/mol. The van der Waals surface area contributed by atoms with Gasteiger partial charge in [0.15, 0.2) is 18.1 Å². The third-order valence-electron chi connectivity index (χ3n) is 4.05. The average Bonchev–Trinajstić information content (AvgIpc) is 2.77. The van der Waals surface area contributed by atoms with Gasteiger partial charge in [0.1, 0.15) is 11.6 Å². The molecule has 0 aliphatic carbocycles. The van der Waals surface area contributed by atoms with Gasteiger partial charge in [0.25, 0.3) is 5.91 Å². The minimum absolute atomic E-state index is 0.0604. The molecule has 0 saturated heterocycles. The van der Waals surface area contributed by atoms with Crippen LogP contribution in [0.1, 0.15) is 29.3 Å². The van der Waals surface area contributed by atoms with E-state index in [-0.39, 0.29) is 24.7 Å². The molecule has 0 radical (unpaired) electrons. The molecule has 2 aromatic rings. The Hall–Kier alpha value is -2.43. The molecule has 11 heteroatoms. The maximum atomic E-state index is 12.2. The van der Waals surface area contributed by atoms with Gasteiger partial charge >= 0.3 is 0 Å². The molecule has 1 aromatic heterocycles. The number of amides is 1. The van der Waals surface area contributed by atoms with Crippen molar-refractivity contribution in [2.24, 2.45) is 5.10 Å². The second-order valence-electron chi connectivity index (χ2n) is 6.26. The summed E-state index contributed by atoms with van der Waals surface area (Å²) in [5, 5.41) is 13.5. The predicted molar refractivity (Wildman–Crippen MR) is 130 cm³/mol. The molecule has 0 bridgehead atoms. The highest BCUT2D eigenvalue weighted by molar-refractivity contribution is 14.1. The lowest BCUT2D eigenvalue weighted by Crippen LogP contribution is -2.25. The Labute approximate surface area is 208 Å². The number of rotatable bonds is 10. The molecule has 2 rings (SSSR count). The number of methoxy groups -OCH3 is 2. The average molecular weight is 617 g/mol. The van der Waals surface area contributed by atoms with E-state index in [0.29, 0.717) is 33.8 Å². The first-order chi connectivity index (χ1) is 15.4. The van der Waals surface area contributed by atoms with E-state index in [0.717, 1.165) is 9.13 Å². The van der Waals surface area contributed by atoms with Crippen LogP contribution < -0.4 is 19.6 Å². The molecule has 0 fully saturated rings. The van der Waals surface area contributed by atoms with Crippen LogP contribution in [0.2, 0.25) is 0 Å². The van der Waals surface area contributed by atoms with Crippen molar-refractivity contribution < 1.29 is 23.7 Å². The fraction of sp³-hybridized carbons (Fsp3) is 0.333. The number of aromatic nitrogens is 1. The lowest BCUT2D eigenvalue weighted by molar-refractivity contribution is -0.123. The minimum atomic E-state index is -0.506. The molecule has 1 heterocycles. The van der Waals surface area contributed by atoms with Crippen molar-refractivity contribution in [2.45, 2.75) is 20.5 Å². The van der Waals surface area contributed by atoms with Crippen LogP contribution in [-0.2, 0) is 16.1 Å². The van der Waals surface area contributed by atoms with E-state index in [9.17, 15) is 10.1 Å². The second-order valence-corrected chi connectivity index (χ2v) is 8.22. The molecular formula is C21H22BrIN4O5. The van der Waals surface area contributed by atoms with Gasteiger partial charge in [-0.1, -0.05) is 0 Å². The summed E-state index contributed by atoms with van der Waals surface area (Å²) >= 11 is 5.55. The standard InChI is InChI=1S/C21H22BrIN4O5/c1-5-31-20-16(23)6-13(7-17(20)30-4)9-25-27-18(28)11-32-21-14(8-24)15(10-29-3)19(22)12(2)26-21/h6-7,9H,5,10-11H2,1-4H3,(H,27,28)/b25-9-. The number of nitrogens with one attached hydrogen (secondary N) is 1. The molecule has 0 spiro atoms. The van der Waals surface area contributed by atoms with Crippen LogP contribution in [0.25, 0.3) is 0 Å². The minimum Gasteiger partial charge on any atom is -0.493 e. The molecule has 0 unspecified atom stereocenters. The molecule has 0 atom stereocenters. The van der Waals surface area contributed by atoms with Crippen molar-refractivity contribution in [3.05, 3.63) is 42.6 Å². The number of pyridine rings is 1. The van der Waals surface area contributed by atoms with Gasteiger partial charge in [-0.25, -0.2) is 10.4 Å². The summed E-state index contributed by atoms with van der Waals surface area (Å²) in [6, 6.07) is 5.66. The summed E-state index contributed by atoms with van der Waals surface area (Å²) in [4.78, 5) is 16.4. The lowest BCUT2D eigenvalue weighted by Gasteiger charge is -2.13. The normalized spacial score (nSPS) is 10.7. The predicted octanol–water partition coefficient (Wildman–Crippen LogP) is 3.71. The molecule has 1 N–H and O–H groups in total. The van der Waals surface area contributed by atoms with Crippen LogP contribution in [0.3, 0.4) is 0 Å². The Morgan fingerprint density at radius 1 is 1.38 bits per heavy atom. The number of hydrazone groups is 1. The van der Waals surface area contributed by atoms with E-state index < -0.39 is 5.91 Å². The molecule has 1 amide bonds. The van der Waals surface area contributed by atoms with Gasteiger partial charge in [0, 0.05) is 17.1 Å². The molecule has 0 saturated carbocycles. The number of benzene rings is 1. The highest BCUT2D eigenvalue weighted by atomic mass is 127. The summed E-state index contributed by atoms with van der Waals surface area (Å²) in [6.07, 6.45) is 1.48. The molecule has 32 heavy (non-hydrogen) atoms. The fourth-order valence-corrected chi connectivity index (χ4v) is 3.84. The Bertz CT molecular complexity index is 1060. The van der Waals surface area contributed by atoms with E-state index in [4.69, 9.17) is 18.9 Å². The first-order valence-corrected chi connectivity index (χ1v) is 11.3. The van der Waals surface area contributed by atoms with Gasteiger partial charge in [-0.2, -0.15) is 10.4 Å². The molecule has 1 aromatic carbocycles. The Morgan fingerprint density at radius 2 is 2.12 bits per heavy atom. The van der Waals surface area contributed by atoms with Crippen molar-refractivity contribution in [1.29, 1.82) is 5.26 Å². The summed E-state index contributed by atoms with van der Waals surface area (Å²) in [6.45, 7) is 4.00. The number of halogens is 2. The van der Waals surface area contributed by atoms with E-state index in [1.807, 2.05) is 13.0 Å². The smallest absolute Gasteiger partial charge is 0.278 e. The summed E-state index contributed by atoms with van der Waals surface area (Å²) < 4.78 is 23.1. The van der Waals surface area contributed by atoms with Crippen LogP contribution in [0.4, 0.5) is 0 Å². The molecule has 170 valence electrons. The van der Waals surface area contributed by atoms with Crippen LogP contribution in [0.5, 0.6) is 17.4 Å². The third kappa shape index (κ3) is 6.54. The monoisotopic (exact) mass is 616 g/mol. The maximum Gasteiger partial charge on any atom is 0.278 e. The number of carbonyl (C=O) groups is 1. The molecule has 0 aliphatic rings. The second kappa shape index (κ2) is 12.6. The zero-order valence-electron chi connectivity index (χ0n) is 18.0. The number of nitriles is 1. The van der Waals surface area contributed by atoms with Crippen molar-refractivity contribution in [2.75, 3.05) is 27.4 Å². The molecule has 0 aliphatic heterocycles. The maximum absolute atomic E-state index is 12.2. The zero-order chi connectivity index (χ0) is 23.7. The van der Waals surface area contributed by atoms with Crippen LogP contribution >= 0.6 is 38.5 Å². The number of hydrogen-bond donors (Lipinski definition) is 1. The largest absolute Gasteiger partial charge is 0.493 e. The number of aryl methyl sites for hydroxylation is 1. The number of hydrogen-bond acceptors (Lipinski definition) is 8. The van der Waals surface area contributed by atoms with Gasteiger partial charge in [-0.3, -0.25) is 4.79 Å². The van der Waals surface area contributed by atoms with E-state index in [1.165, 1.54) is 13.3 Å². The topological polar surface area (TPSA) is 115 Å². The van der Waals surface area contributed by atoms with Crippen LogP contribution in [0.15, 0.2) is 21.7 Å². The number of ether oxygens (including phenoxy) is 4. The number of nitrogens with zero attached hydrogens (tertiary/aromatic N) is 3. The quantitative estimate of drug-likeness (QED) is 0.246. The van der Waals surface area contributed by atoms with Crippen molar-refractivity contribution in [1.82, 2.24) is 10.4 Å². The van der Waals surface area contributed by atoms with E-state index in [2.05, 4.69) is 60.1 Å². The lowest BCUT2D eigenvalue weighted by atomic mass is 10.1. The SMILES string of the molecule is CCOc1c(I)cc(/C=N\NC(=O)COc2nc(C)c(Br)c(COC)c2C#N)cc1OC. The summed E-state index contributed by atoms with van der Waals surface area (Å²) in [7, 11) is 3.08. The Balaban J connectivity index is 2.06. The van der Waals surface area contributed by atoms with Gasteiger partial charge in [-0.15, -0.1) is 0 Å². The number of carbonyl (C=O) groups excluding carboxylic acids is 1. The van der Waals surface area contributed by atoms with Gasteiger partial charge < -0.3 is 18.9 Å². The van der Waals surface area contributed by atoms with Crippen molar-refractivity contribution >= 4 is 50.6 Å². The third-order valence-corrected chi connectivity index (χ3v) is 5.91. The van der Waals surface area contributed by atoms with Crippen molar-refractivity contribution in [3.8, 4) is 23.4 Å². The first-order valence-electron chi connectivity index (χ1n) is 9.39. The Kier molecular flexibility index (Phi) is 10.1.